The number of halogens is 1. The third-order valence-corrected chi connectivity index (χ3v) is 5.63. The molecule has 0 saturated carbocycles. The second-order valence-corrected chi connectivity index (χ2v) is 8.34. The minimum Gasteiger partial charge on any atom is -0.324 e. The Morgan fingerprint density at radius 3 is 2.24 bits per heavy atom. The SMILES string of the molecule is CC(=O)C(CCCCCCc1ccc(I)cc1)P(=O)(O)O. The van der Waals surface area contributed by atoms with E-state index in [0.717, 1.165) is 25.7 Å². The van der Waals surface area contributed by atoms with E-state index in [1.54, 1.807) is 0 Å². The minimum atomic E-state index is -4.29. The average molecular weight is 424 g/mol. The molecule has 2 N–H and O–H groups in total. The summed E-state index contributed by atoms with van der Waals surface area (Å²) in [7, 11) is -4.29. The molecule has 0 saturated heterocycles. The van der Waals surface area contributed by atoms with Crippen LogP contribution in [0.3, 0.4) is 0 Å². The zero-order valence-corrected chi connectivity index (χ0v) is 15.2. The van der Waals surface area contributed by atoms with Crippen LogP contribution in [0.15, 0.2) is 24.3 Å². The molecule has 1 unspecified atom stereocenters. The Bertz CT molecular complexity index is 495. The smallest absolute Gasteiger partial charge is 0.324 e. The van der Waals surface area contributed by atoms with Gasteiger partial charge in [0.15, 0.2) is 0 Å². The van der Waals surface area contributed by atoms with Crippen molar-refractivity contribution in [2.45, 2.75) is 51.1 Å². The maximum atomic E-state index is 11.2. The van der Waals surface area contributed by atoms with Gasteiger partial charge in [-0.1, -0.05) is 31.4 Å². The van der Waals surface area contributed by atoms with Crippen LogP contribution in [0.2, 0.25) is 0 Å². The topological polar surface area (TPSA) is 74.6 Å². The molecule has 0 fully saturated rings. The molecule has 0 bridgehead atoms. The van der Waals surface area contributed by atoms with Crippen molar-refractivity contribution in [3.05, 3.63) is 33.4 Å². The van der Waals surface area contributed by atoms with E-state index < -0.39 is 19.0 Å². The van der Waals surface area contributed by atoms with Crippen molar-refractivity contribution in [2.24, 2.45) is 0 Å². The third-order valence-electron chi connectivity index (χ3n) is 3.48. The molecule has 1 aromatic carbocycles. The first-order valence-electron chi connectivity index (χ1n) is 7.11. The van der Waals surface area contributed by atoms with Gasteiger partial charge in [-0.25, -0.2) is 0 Å². The van der Waals surface area contributed by atoms with Gasteiger partial charge in [0, 0.05) is 3.57 Å². The van der Waals surface area contributed by atoms with E-state index in [2.05, 4.69) is 46.9 Å². The molecule has 0 radical (unpaired) electrons. The molecule has 0 amide bonds. The molecule has 0 heterocycles. The molecule has 1 aromatic rings. The fourth-order valence-electron chi connectivity index (χ4n) is 2.28. The van der Waals surface area contributed by atoms with Crippen molar-refractivity contribution in [1.29, 1.82) is 0 Å². The van der Waals surface area contributed by atoms with Crippen molar-refractivity contribution < 1.29 is 19.1 Å². The van der Waals surface area contributed by atoms with Gasteiger partial charge in [-0.15, -0.1) is 0 Å². The highest BCUT2D eigenvalue weighted by atomic mass is 127. The number of unbranched alkanes of at least 4 members (excludes halogenated alkanes) is 3. The zero-order valence-electron chi connectivity index (χ0n) is 12.2. The summed E-state index contributed by atoms with van der Waals surface area (Å²) < 4.78 is 12.4. The van der Waals surface area contributed by atoms with Crippen LogP contribution in [0.5, 0.6) is 0 Å². The van der Waals surface area contributed by atoms with E-state index in [1.807, 2.05) is 0 Å². The highest BCUT2D eigenvalue weighted by Crippen LogP contribution is 2.44. The van der Waals surface area contributed by atoms with E-state index in [-0.39, 0.29) is 6.42 Å². The minimum absolute atomic E-state index is 0.281. The standard InChI is InChI=1S/C15H22IO4P/c1-12(17)15(21(18,19)20)7-5-3-2-4-6-13-8-10-14(16)11-9-13/h8-11,15H,2-7H2,1H3,(H2,18,19,20). The molecule has 118 valence electrons. The predicted octanol–water partition coefficient (Wildman–Crippen LogP) is 3.92. The van der Waals surface area contributed by atoms with Gasteiger partial charge in [0.1, 0.15) is 11.4 Å². The first-order valence-corrected chi connectivity index (χ1v) is 9.87. The van der Waals surface area contributed by atoms with Gasteiger partial charge in [-0.2, -0.15) is 0 Å². The summed E-state index contributed by atoms with van der Waals surface area (Å²) in [5.74, 6) is -0.415. The fraction of sp³-hybridized carbons (Fsp3) is 0.533. The Labute approximate surface area is 139 Å². The number of hydrogen-bond donors (Lipinski definition) is 2. The molecule has 0 aliphatic carbocycles. The lowest BCUT2D eigenvalue weighted by Gasteiger charge is -2.14. The number of carbonyl (C=O) groups excluding carboxylic acids is 1. The Kier molecular flexibility index (Phi) is 8.09. The molecule has 4 nitrogen and oxygen atoms in total. The fourth-order valence-corrected chi connectivity index (χ4v) is 3.63. The lowest BCUT2D eigenvalue weighted by molar-refractivity contribution is -0.117. The van der Waals surface area contributed by atoms with Crippen molar-refractivity contribution in [3.63, 3.8) is 0 Å². The van der Waals surface area contributed by atoms with Crippen LogP contribution < -0.4 is 0 Å². The number of ketones is 1. The summed E-state index contributed by atoms with van der Waals surface area (Å²) in [5, 5.41) is 0. The molecule has 21 heavy (non-hydrogen) atoms. The monoisotopic (exact) mass is 424 g/mol. The summed E-state index contributed by atoms with van der Waals surface area (Å²) in [6.45, 7) is 1.25. The summed E-state index contributed by atoms with van der Waals surface area (Å²) in [5.41, 5.74) is 0.195. The largest absolute Gasteiger partial charge is 0.335 e. The number of Topliss-reactive ketones (excluding diaryl/α,β-unsaturated/α-hetero) is 1. The van der Waals surface area contributed by atoms with Crippen molar-refractivity contribution in [2.75, 3.05) is 0 Å². The molecular formula is C15H22IO4P. The van der Waals surface area contributed by atoms with Gasteiger partial charge in [0.05, 0.1) is 0 Å². The lowest BCUT2D eigenvalue weighted by atomic mass is 10.0. The Balaban J connectivity index is 2.21. The average Bonchev–Trinajstić information content (AvgIpc) is 2.37. The molecule has 0 aliphatic heterocycles. The molecule has 6 heteroatoms. The zero-order chi connectivity index (χ0) is 15.9. The van der Waals surface area contributed by atoms with E-state index in [4.69, 9.17) is 9.79 Å². The summed E-state index contributed by atoms with van der Waals surface area (Å²) >= 11 is 2.28. The van der Waals surface area contributed by atoms with E-state index >= 15 is 0 Å². The van der Waals surface area contributed by atoms with Crippen molar-refractivity contribution in [3.8, 4) is 0 Å². The number of rotatable bonds is 9. The van der Waals surface area contributed by atoms with E-state index in [9.17, 15) is 9.36 Å². The van der Waals surface area contributed by atoms with Gasteiger partial charge < -0.3 is 9.79 Å². The number of aryl methyl sites for hydroxylation is 1. The van der Waals surface area contributed by atoms with Crippen molar-refractivity contribution in [1.82, 2.24) is 0 Å². The van der Waals surface area contributed by atoms with Crippen LogP contribution in [0.1, 0.15) is 44.6 Å². The number of benzene rings is 1. The normalized spacial score (nSPS) is 13.1. The Hall–Kier alpha value is -0.230. The van der Waals surface area contributed by atoms with E-state index in [1.165, 1.54) is 16.1 Å². The predicted molar refractivity (Wildman–Crippen MR) is 92.5 cm³/mol. The van der Waals surface area contributed by atoms with Gasteiger partial charge >= 0.3 is 7.60 Å². The summed E-state index contributed by atoms with van der Waals surface area (Å²) in [4.78, 5) is 29.5. The molecule has 1 rings (SSSR count). The second kappa shape index (κ2) is 9.03. The molecule has 1 atom stereocenters. The van der Waals surface area contributed by atoms with Crippen LogP contribution >= 0.6 is 30.2 Å². The number of hydrogen-bond acceptors (Lipinski definition) is 2. The van der Waals surface area contributed by atoms with Crippen LogP contribution in [0.25, 0.3) is 0 Å². The second-order valence-electron chi connectivity index (χ2n) is 5.29. The molecular weight excluding hydrogens is 402 g/mol. The van der Waals surface area contributed by atoms with Crippen LogP contribution in [-0.2, 0) is 15.8 Å². The molecule has 0 spiro atoms. The van der Waals surface area contributed by atoms with Gasteiger partial charge in [-0.05, 0) is 66.5 Å². The van der Waals surface area contributed by atoms with E-state index in [0.29, 0.717) is 6.42 Å². The van der Waals surface area contributed by atoms with Crippen molar-refractivity contribution >= 4 is 36.0 Å². The lowest BCUT2D eigenvalue weighted by Crippen LogP contribution is -2.17. The van der Waals surface area contributed by atoms with Crippen LogP contribution in [0.4, 0.5) is 0 Å². The third kappa shape index (κ3) is 7.54. The molecule has 0 aromatic heterocycles. The van der Waals surface area contributed by atoms with Crippen LogP contribution in [-0.4, -0.2) is 21.2 Å². The van der Waals surface area contributed by atoms with Gasteiger partial charge in [0.2, 0.25) is 0 Å². The first kappa shape index (κ1) is 18.8. The highest BCUT2D eigenvalue weighted by molar-refractivity contribution is 14.1. The molecule has 0 aliphatic rings. The number of carbonyl (C=O) groups is 1. The van der Waals surface area contributed by atoms with Gasteiger partial charge in [-0.3, -0.25) is 9.36 Å². The summed E-state index contributed by atoms with van der Waals surface area (Å²) in [6.07, 6.45) is 4.95. The Morgan fingerprint density at radius 1 is 1.14 bits per heavy atom. The van der Waals surface area contributed by atoms with Gasteiger partial charge in [0.25, 0.3) is 0 Å². The maximum absolute atomic E-state index is 11.2. The maximum Gasteiger partial charge on any atom is 0.335 e. The first-order chi connectivity index (χ1) is 9.80. The quantitative estimate of drug-likeness (QED) is 0.358. The highest BCUT2D eigenvalue weighted by Gasteiger charge is 2.31. The summed E-state index contributed by atoms with van der Waals surface area (Å²) in [6, 6.07) is 8.43. The Morgan fingerprint density at radius 2 is 1.71 bits per heavy atom. The van der Waals surface area contributed by atoms with Crippen LogP contribution in [0, 0.1) is 3.57 Å².